The molecule has 2 aromatic rings. The minimum Gasteiger partial charge on any atom is -0.318 e. The van der Waals surface area contributed by atoms with E-state index in [-0.39, 0.29) is 0 Å². The molecule has 4 heteroatoms. The molecule has 0 aliphatic carbocycles. The smallest absolute Gasteiger partial charge is 0.159 e. The van der Waals surface area contributed by atoms with Crippen LogP contribution in [0.2, 0.25) is 19.6 Å². The van der Waals surface area contributed by atoms with Crippen LogP contribution in [0.4, 0.5) is 0 Å². The first-order valence-electron chi connectivity index (χ1n) is 4.76. The monoisotopic (exact) mass is 205 g/mol. The van der Waals surface area contributed by atoms with Gasteiger partial charge in [-0.25, -0.2) is 9.97 Å². The van der Waals surface area contributed by atoms with Crippen molar-refractivity contribution in [3.05, 3.63) is 18.6 Å². The van der Waals surface area contributed by atoms with Crippen molar-refractivity contribution in [1.29, 1.82) is 0 Å². The second-order valence-electron chi connectivity index (χ2n) is 4.67. The molecule has 0 unspecified atom stereocenters. The number of aryl methyl sites for hydroxylation is 1. The highest BCUT2D eigenvalue weighted by atomic mass is 28.3. The average Bonchev–Trinajstić information content (AvgIpc) is 2.46. The van der Waals surface area contributed by atoms with Crippen LogP contribution < -0.4 is 5.19 Å². The van der Waals surface area contributed by atoms with Crippen molar-refractivity contribution in [1.82, 2.24) is 14.5 Å². The molecule has 14 heavy (non-hydrogen) atoms. The number of hydrogen-bond acceptors (Lipinski definition) is 2. The van der Waals surface area contributed by atoms with Crippen LogP contribution in [-0.4, -0.2) is 22.6 Å². The van der Waals surface area contributed by atoms with E-state index in [9.17, 15) is 0 Å². The van der Waals surface area contributed by atoms with Gasteiger partial charge in [0.1, 0.15) is 5.52 Å². The number of rotatable bonds is 1. The first kappa shape index (κ1) is 9.39. The summed E-state index contributed by atoms with van der Waals surface area (Å²) in [5, 5.41) is 1.36. The van der Waals surface area contributed by atoms with Crippen LogP contribution in [-0.2, 0) is 7.05 Å². The summed E-state index contributed by atoms with van der Waals surface area (Å²) >= 11 is 0. The predicted molar refractivity (Wildman–Crippen MR) is 61.5 cm³/mol. The van der Waals surface area contributed by atoms with Gasteiger partial charge in [0.2, 0.25) is 0 Å². The zero-order valence-corrected chi connectivity index (χ0v) is 10.1. The Morgan fingerprint density at radius 3 is 2.57 bits per heavy atom. The van der Waals surface area contributed by atoms with Gasteiger partial charge in [0.05, 0.1) is 14.4 Å². The van der Waals surface area contributed by atoms with Gasteiger partial charge in [-0.05, 0) is 11.3 Å². The molecule has 0 aliphatic heterocycles. The van der Waals surface area contributed by atoms with Gasteiger partial charge in [-0.2, -0.15) is 0 Å². The van der Waals surface area contributed by atoms with E-state index in [0.29, 0.717) is 0 Å². The van der Waals surface area contributed by atoms with Crippen molar-refractivity contribution in [2.24, 2.45) is 7.05 Å². The van der Waals surface area contributed by atoms with Crippen LogP contribution in [0.1, 0.15) is 0 Å². The second-order valence-corrected chi connectivity index (χ2v) is 9.75. The number of nitrogens with zero attached hydrogens (tertiary/aromatic N) is 3. The Morgan fingerprint density at radius 1 is 1.21 bits per heavy atom. The van der Waals surface area contributed by atoms with Gasteiger partial charge >= 0.3 is 0 Å². The summed E-state index contributed by atoms with van der Waals surface area (Å²) in [6.07, 6.45) is 3.81. The Bertz CT molecular complexity index is 468. The van der Waals surface area contributed by atoms with Crippen molar-refractivity contribution in [3.63, 3.8) is 0 Å². The van der Waals surface area contributed by atoms with Crippen LogP contribution in [0.5, 0.6) is 0 Å². The first-order valence-corrected chi connectivity index (χ1v) is 8.26. The Kier molecular flexibility index (Phi) is 1.96. The lowest BCUT2D eigenvalue weighted by molar-refractivity contribution is 0.931. The highest BCUT2D eigenvalue weighted by molar-refractivity contribution is 6.88. The number of fused-ring (bicyclic) bond motifs is 1. The van der Waals surface area contributed by atoms with E-state index in [1.165, 1.54) is 5.19 Å². The molecule has 0 bridgehead atoms. The van der Waals surface area contributed by atoms with Crippen LogP contribution in [0.25, 0.3) is 11.2 Å². The highest BCUT2D eigenvalue weighted by Gasteiger charge is 2.17. The van der Waals surface area contributed by atoms with E-state index in [2.05, 4.69) is 35.7 Å². The lowest BCUT2D eigenvalue weighted by atomic mass is 10.4. The molecule has 0 saturated heterocycles. The maximum Gasteiger partial charge on any atom is 0.159 e. The van der Waals surface area contributed by atoms with Gasteiger partial charge in [0.15, 0.2) is 5.65 Å². The number of pyridine rings is 1. The van der Waals surface area contributed by atoms with Crippen molar-refractivity contribution >= 4 is 24.4 Å². The second kappa shape index (κ2) is 2.92. The number of imidazole rings is 1. The van der Waals surface area contributed by atoms with Crippen molar-refractivity contribution in [2.45, 2.75) is 19.6 Å². The van der Waals surface area contributed by atoms with E-state index < -0.39 is 8.07 Å². The van der Waals surface area contributed by atoms with Gasteiger partial charge in [-0.1, -0.05) is 19.6 Å². The molecule has 0 aliphatic rings. The fourth-order valence-corrected chi connectivity index (χ4v) is 2.45. The van der Waals surface area contributed by atoms with E-state index in [1.807, 2.05) is 24.1 Å². The molecule has 0 amide bonds. The van der Waals surface area contributed by atoms with Crippen LogP contribution in [0, 0.1) is 0 Å². The first-order chi connectivity index (χ1) is 6.48. The van der Waals surface area contributed by atoms with Gasteiger partial charge < -0.3 is 4.57 Å². The zero-order valence-electron chi connectivity index (χ0n) is 9.07. The predicted octanol–water partition coefficient (Wildman–Crippen LogP) is 1.51. The van der Waals surface area contributed by atoms with Crippen LogP contribution in [0.15, 0.2) is 18.6 Å². The van der Waals surface area contributed by atoms with Crippen molar-refractivity contribution in [3.8, 4) is 0 Å². The molecule has 0 aromatic carbocycles. The van der Waals surface area contributed by atoms with Crippen LogP contribution >= 0.6 is 0 Å². The summed E-state index contributed by atoms with van der Waals surface area (Å²) in [6.45, 7) is 6.95. The minimum atomic E-state index is -1.25. The molecule has 74 valence electrons. The van der Waals surface area contributed by atoms with E-state index in [1.54, 1.807) is 0 Å². The number of hydrogen-bond donors (Lipinski definition) is 0. The number of aromatic nitrogens is 3. The third-order valence-corrected chi connectivity index (χ3v) is 4.42. The third kappa shape index (κ3) is 1.46. The highest BCUT2D eigenvalue weighted by Crippen LogP contribution is 2.09. The Morgan fingerprint density at radius 2 is 1.93 bits per heavy atom. The molecule has 0 spiro atoms. The maximum atomic E-state index is 4.44. The summed E-state index contributed by atoms with van der Waals surface area (Å²) in [4.78, 5) is 8.76. The summed E-state index contributed by atoms with van der Waals surface area (Å²) in [5.74, 6) is 0. The molecule has 0 atom stereocenters. The van der Waals surface area contributed by atoms with Crippen molar-refractivity contribution in [2.75, 3.05) is 0 Å². The van der Waals surface area contributed by atoms with E-state index >= 15 is 0 Å². The average molecular weight is 205 g/mol. The largest absolute Gasteiger partial charge is 0.318 e. The zero-order chi connectivity index (χ0) is 10.3. The molecule has 0 saturated carbocycles. The molecule has 2 heterocycles. The fourth-order valence-electron chi connectivity index (χ4n) is 1.43. The quantitative estimate of drug-likeness (QED) is 0.661. The molecule has 0 N–H and O–H groups in total. The topological polar surface area (TPSA) is 30.7 Å². The molecular weight excluding hydrogens is 190 g/mol. The molecule has 2 rings (SSSR count). The molecule has 3 nitrogen and oxygen atoms in total. The van der Waals surface area contributed by atoms with Gasteiger partial charge in [0.25, 0.3) is 0 Å². The Balaban J connectivity index is 2.63. The Hall–Kier alpha value is -1.16. The lowest BCUT2D eigenvalue weighted by Gasteiger charge is -2.15. The van der Waals surface area contributed by atoms with E-state index in [4.69, 9.17) is 0 Å². The molecule has 0 fully saturated rings. The van der Waals surface area contributed by atoms with Gasteiger partial charge in [-0.15, -0.1) is 0 Å². The molecule has 0 radical (unpaired) electrons. The summed E-state index contributed by atoms with van der Waals surface area (Å²) < 4.78 is 1.95. The van der Waals surface area contributed by atoms with E-state index in [0.717, 1.165) is 11.2 Å². The van der Waals surface area contributed by atoms with Crippen molar-refractivity contribution < 1.29 is 0 Å². The normalized spacial score (nSPS) is 12.3. The summed E-state index contributed by atoms with van der Waals surface area (Å²) in [5.41, 5.74) is 1.97. The SMILES string of the molecule is Cn1cnc2cc([Si](C)(C)C)cnc21. The summed E-state index contributed by atoms with van der Waals surface area (Å²) in [6, 6.07) is 2.18. The maximum absolute atomic E-state index is 4.44. The fraction of sp³-hybridized carbons (Fsp3) is 0.400. The molecule has 2 aromatic heterocycles. The Labute approximate surface area is 84.8 Å². The lowest BCUT2D eigenvalue weighted by Crippen LogP contribution is -2.37. The third-order valence-electron chi connectivity index (χ3n) is 2.42. The van der Waals surface area contributed by atoms with Gasteiger partial charge in [0, 0.05) is 13.2 Å². The van der Waals surface area contributed by atoms with Gasteiger partial charge in [-0.3, -0.25) is 0 Å². The van der Waals surface area contributed by atoms with Crippen LogP contribution in [0.3, 0.4) is 0 Å². The minimum absolute atomic E-state index is 0.965. The standard InChI is InChI=1S/C10H15N3Si/c1-13-7-12-9-5-8(14(2,3)4)6-11-10(9)13/h5-7H,1-4H3. The summed E-state index contributed by atoms with van der Waals surface area (Å²) in [7, 11) is 0.716. The molecular formula is C10H15N3Si.